The molecule has 0 radical (unpaired) electrons. The molecule has 174 valence electrons. The van der Waals surface area contributed by atoms with Crippen LogP contribution in [0.4, 0.5) is 17.1 Å². The van der Waals surface area contributed by atoms with Crippen molar-refractivity contribution in [2.75, 3.05) is 16.8 Å². The topological polar surface area (TPSA) is 113 Å². The number of hydrogen-bond acceptors (Lipinski definition) is 6. The number of rotatable bonds is 2. The van der Waals surface area contributed by atoms with Gasteiger partial charge in [0.25, 0.3) is 5.69 Å². The maximum atomic E-state index is 14.0. The van der Waals surface area contributed by atoms with Crippen molar-refractivity contribution in [3.63, 3.8) is 0 Å². The Morgan fingerprint density at radius 3 is 2.62 bits per heavy atom. The van der Waals surface area contributed by atoms with Crippen LogP contribution >= 0.6 is 11.6 Å². The van der Waals surface area contributed by atoms with E-state index in [1.807, 2.05) is 26.0 Å². The third-order valence-electron chi connectivity index (χ3n) is 7.83. The van der Waals surface area contributed by atoms with Crippen LogP contribution in [0.15, 0.2) is 30.3 Å². The van der Waals surface area contributed by atoms with Crippen molar-refractivity contribution in [2.24, 2.45) is 11.8 Å². The highest BCUT2D eigenvalue weighted by atomic mass is 35.5. The Morgan fingerprint density at radius 2 is 1.91 bits per heavy atom. The summed E-state index contributed by atoms with van der Waals surface area (Å²) in [6.07, 6.45) is 1.53. The molecule has 0 saturated carbocycles. The number of non-ortho nitro benzene ring substituents is 1. The van der Waals surface area contributed by atoms with Crippen molar-refractivity contribution >= 4 is 46.4 Å². The largest absolute Gasteiger partial charge is 0.324 e. The first kappa shape index (κ1) is 21.2. The number of anilines is 2. The molecule has 3 saturated heterocycles. The lowest BCUT2D eigenvalue weighted by Crippen LogP contribution is -2.54. The van der Waals surface area contributed by atoms with Gasteiger partial charge in [0, 0.05) is 29.4 Å². The minimum absolute atomic E-state index is 0.0591. The van der Waals surface area contributed by atoms with Gasteiger partial charge in [-0.1, -0.05) is 29.3 Å². The van der Waals surface area contributed by atoms with Crippen LogP contribution in [-0.4, -0.2) is 40.1 Å². The summed E-state index contributed by atoms with van der Waals surface area (Å²) in [7, 11) is 0. The van der Waals surface area contributed by atoms with E-state index in [0.29, 0.717) is 18.7 Å². The number of halogens is 1. The monoisotopic (exact) mass is 480 g/mol. The molecule has 0 aromatic heterocycles. The highest BCUT2D eigenvalue weighted by Gasteiger charge is 2.74. The summed E-state index contributed by atoms with van der Waals surface area (Å²) in [5.41, 5.74) is 1.93. The highest BCUT2D eigenvalue weighted by molar-refractivity contribution is 6.36. The number of hydrogen-bond donors (Lipinski definition) is 1. The average molecular weight is 481 g/mol. The van der Waals surface area contributed by atoms with Gasteiger partial charge < -0.3 is 5.32 Å². The van der Waals surface area contributed by atoms with Crippen molar-refractivity contribution in [3.05, 3.63) is 62.2 Å². The van der Waals surface area contributed by atoms with E-state index in [1.165, 1.54) is 12.1 Å². The van der Waals surface area contributed by atoms with Gasteiger partial charge in [-0.05, 0) is 44.9 Å². The van der Waals surface area contributed by atoms with Crippen LogP contribution in [0, 0.1) is 35.8 Å². The second-order valence-corrected chi connectivity index (χ2v) is 9.94. The Kier molecular flexibility index (Phi) is 4.29. The predicted molar refractivity (Wildman–Crippen MR) is 124 cm³/mol. The fourth-order valence-corrected chi connectivity index (χ4v) is 6.95. The van der Waals surface area contributed by atoms with E-state index in [9.17, 15) is 24.5 Å². The molecule has 0 bridgehead atoms. The lowest BCUT2D eigenvalue weighted by molar-refractivity contribution is -0.384. The lowest BCUT2D eigenvalue weighted by atomic mass is 9.75. The minimum atomic E-state index is -1.27. The molecule has 3 amide bonds. The molecule has 9 nitrogen and oxygen atoms in total. The number of nitrogens with one attached hydrogen (secondary N) is 1. The van der Waals surface area contributed by atoms with E-state index >= 15 is 0 Å². The first-order chi connectivity index (χ1) is 16.2. The molecule has 10 heteroatoms. The van der Waals surface area contributed by atoms with Crippen LogP contribution in [0.1, 0.15) is 29.5 Å². The quantitative estimate of drug-likeness (QED) is 0.401. The summed E-state index contributed by atoms with van der Waals surface area (Å²) in [6, 6.07) is 7.35. The number of nitro benzene ring substituents is 1. The summed E-state index contributed by atoms with van der Waals surface area (Å²) >= 11 is 6.31. The molecule has 6 rings (SSSR count). The van der Waals surface area contributed by atoms with Gasteiger partial charge in [-0.2, -0.15) is 0 Å². The van der Waals surface area contributed by atoms with E-state index in [1.54, 1.807) is 0 Å². The number of benzene rings is 2. The molecule has 34 heavy (non-hydrogen) atoms. The normalized spacial score (nSPS) is 29.6. The summed E-state index contributed by atoms with van der Waals surface area (Å²) in [5, 5.41) is 14.1. The number of carbonyl (C=O) groups excluding carboxylic acids is 3. The zero-order valence-corrected chi connectivity index (χ0v) is 19.3. The Bertz CT molecular complexity index is 1340. The summed E-state index contributed by atoms with van der Waals surface area (Å²) in [4.78, 5) is 55.1. The van der Waals surface area contributed by atoms with Gasteiger partial charge in [-0.15, -0.1) is 0 Å². The molecule has 3 fully saturated rings. The summed E-state index contributed by atoms with van der Waals surface area (Å²) in [5.74, 6) is -2.79. The maximum absolute atomic E-state index is 14.0. The molecular weight excluding hydrogens is 460 g/mol. The van der Waals surface area contributed by atoms with Crippen LogP contribution in [0.25, 0.3) is 0 Å². The number of nitrogens with zero attached hydrogens (tertiary/aromatic N) is 3. The van der Waals surface area contributed by atoms with E-state index < -0.39 is 34.1 Å². The maximum Gasteiger partial charge on any atom is 0.271 e. The van der Waals surface area contributed by atoms with Gasteiger partial charge in [-0.3, -0.25) is 29.4 Å². The Hall–Kier alpha value is -3.30. The summed E-state index contributed by atoms with van der Waals surface area (Å²) in [6.45, 7) is 4.49. The SMILES string of the molecule is Cc1cc(C)c2c(c1)[C@]1(C(=O)N2)[C@H]2C(=O)N(c3ccc([N+](=O)[O-])cc3Cl)C(=O)[C@@H]2[C@H]2CCCN21. The molecule has 4 atom stereocenters. The van der Waals surface area contributed by atoms with Crippen molar-refractivity contribution in [2.45, 2.75) is 38.3 Å². The molecule has 4 heterocycles. The van der Waals surface area contributed by atoms with Crippen LogP contribution in [0.5, 0.6) is 0 Å². The third kappa shape index (κ3) is 2.40. The number of amides is 3. The second-order valence-electron chi connectivity index (χ2n) is 9.54. The lowest BCUT2D eigenvalue weighted by Gasteiger charge is -2.37. The molecule has 4 aliphatic heterocycles. The zero-order chi connectivity index (χ0) is 24.1. The first-order valence-electron chi connectivity index (χ1n) is 11.2. The van der Waals surface area contributed by atoms with Gasteiger partial charge in [0.1, 0.15) is 5.54 Å². The highest BCUT2D eigenvalue weighted by Crippen LogP contribution is 2.61. The average Bonchev–Trinajstić information content (AvgIpc) is 3.48. The number of carbonyl (C=O) groups is 3. The van der Waals surface area contributed by atoms with Crippen LogP contribution in [0.3, 0.4) is 0 Å². The first-order valence-corrected chi connectivity index (χ1v) is 11.6. The number of aryl methyl sites for hydroxylation is 2. The van der Waals surface area contributed by atoms with Crippen LogP contribution < -0.4 is 10.2 Å². The standard InChI is InChI=1S/C24H21ClN4O5/c1-11-8-12(2)20-14(9-11)24(23(32)26-20)19-18(17-4-3-7-27(17)24)21(30)28(22(19)31)16-6-5-13(29(33)34)10-15(16)25/h5-6,8-10,17-19H,3-4,7H2,1-2H3,(H,26,32)/t17-,18-,19-,24-/m1/s1. The van der Waals surface area contributed by atoms with Crippen molar-refractivity contribution < 1.29 is 19.3 Å². The number of fused-ring (bicyclic) bond motifs is 7. The van der Waals surface area contributed by atoms with Crippen molar-refractivity contribution in [1.29, 1.82) is 0 Å². The van der Waals surface area contributed by atoms with Gasteiger partial charge in [0.2, 0.25) is 17.7 Å². The fourth-order valence-electron chi connectivity index (χ4n) is 6.69. The van der Waals surface area contributed by atoms with Gasteiger partial charge >= 0.3 is 0 Å². The Labute approximate surface area is 199 Å². The van der Waals surface area contributed by atoms with Crippen molar-refractivity contribution in [1.82, 2.24) is 4.90 Å². The van der Waals surface area contributed by atoms with Gasteiger partial charge in [0.15, 0.2) is 0 Å². The van der Waals surface area contributed by atoms with E-state index in [4.69, 9.17) is 11.6 Å². The van der Waals surface area contributed by atoms with E-state index in [-0.39, 0.29) is 28.3 Å². The van der Waals surface area contributed by atoms with E-state index in [2.05, 4.69) is 10.2 Å². The van der Waals surface area contributed by atoms with Crippen LogP contribution in [-0.2, 0) is 19.9 Å². The summed E-state index contributed by atoms with van der Waals surface area (Å²) < 4.78 is 0. The molecule has 4 aliphatic rings. The molecule has 0 unspecified atom stereocenters. The van der Waals surface area contributed by atoms with Gasteiger partial charge in [-0.25, -0.2) is 4.90 Å². The minimum Gasteiger partial charge on any atom is -0.324 e. The molecular formula is C24H21ClN4O5. The molecule has 1 N–H and O–H groups in total. The van der Waals surface area contributed by atoms with E-state index in [0.717, 1.165) is 34.1 Å². The molecule has 0 aliphatic carbocycles. The zero-order valence-electron chi connectivity index (χ0n) is 18.5. The Morgan fingerprint density at radius 1 is 1.15 bits per heavy atom. The fraction of sp³-hybridized carbons (Fsp3) is 0.375. The smallest absolute Gasteiger partial charge is 0.271 e. The molecule has 2 aromatic carbocycles. The third-order valence-corrected chi connectivity index (χ3v) is 8.13. The van der Waals surface area contributed by atoms with Gasteiger partial charge in [0.05, 0.1) is 27.5 Å². The van der Waals surface area contributed by atoms with Crippen molar-refractivity contribution in [3.8, 4) is 0 Å². The molecule has 1 spiro atoms. The second kappa shape index (κ2) is 6.86. The number of nitro groups is 1. The van der Waals surface area contributed by atoms with Crippen LogP contribution in [0.2, 0.25) is 5.02 Å². The predicted octanol–water partition coefficient (Wildman–Crippen LogP) is 3.30. The molecule has 2 aromatic rings. The Balaban J connectivity index is 1.54. The number of imide groups is 1.